The second-order valence-corrected chi connectivity index (χ2v) is 13.7. The van der Waals surface area contributed by atoms with Gasteiger partial charge in [0, 0.05) is 17.8 Å². The fourth-order valence-electron chi connectivity index (χ4n) is 7.11. The lowest BCUT2D eigenvalue weighted by Gasteiger charge is -2.38. The second-order valence-electron chi connectivity index (χ2n) is 12.1. The maximum Gasteiger partial charge on any atom is 0.306 e. The van der Waals surface area contributed by atoms with E-state index in [1.54, 1.807) is 43.3 Å². The molecule has 8 atom stereocenters. The average Bonchev–Trinajstić information content (AvgIpc) is 3.67. The SMILES string of the molecule is C=CCCC(=O)OC[C@@H](NC(=O)[C@H]1[C@@H]2O[C@@]3(CC2Br)[C@@H]1C(=O)N([C@H](C)CO)[C@@H]3C(=O)N(CC=C)c1ccccc1Cl)c1ccccc1. The first kappa shape index (κ1) is 34.8. The zero-order valence-corrected chi connectivity index (χ0v) is 28.4. The number of carbonyl (C=O) groups excluding carboxylic acids is 4. The molecule has 2 aromatic rings. The highest BCUT2D eigenvalue weighted by Crippen LogP contribution is 2.60. The van der Waals surface area contributed by atoms with Crippen LogP contribution in [0.1, 0.15) is 37.8 Å². The summed E-state index contributed by atoms with van der Waals surface area (Å²) in [6.07, 6.45) is 3.39. The van der Waals surface area contributed by atoms with E-state index in [0.29, 0.717) is 22.7 Å². The Hall–Kier alpha value is -3.51. The monoisotopic (exact) mass is 727 g/mol. The minimum Gasteiger partial charge on any atom is -0.463 e. The molecule has 3 saturated heterocycles. The van der Waals surface area contributed by atoms with Gasteiger partial charge < -0.3 is 29.7 Å². The fraction of sp³-hybridized carbons (Fsp3) is 0.429. The van der Waals surface area contributed by atoms with Gasteiger partial charge in [-0.2, -0.15) is 0 Å². The van der Waals surface area contributed by atoms with E-state index in [1.165, 1.54) is 9.80 Å². The van der Waals surface area contributed by atoms with Crippen LogP contribution >= 0.6 is 27.5 Å². The number of hydrogen-bond acceptors (Lipinski definition) is 7. The standard InChI is InChI=1S/C35H39BrClN3O7/c1-4-6-16-27(42)46-20-25(22-12-8-7-9-13-22)38-32(43)28-29-33(44)40(21(3)19-41)31(35(29)18-23(36)30(28)47-35)34(45)39(17-5-2)26-15-11-10-14-24(26)37/h4-5,7-15,21,23,25,28-31,41H,1-2,6,16-20H2,3H3,(H,38,43)/t21-,23?,25-,28-,29+,30-,31-,35+/m1/s1. The summed E-state index contributed by atoms with van der Waals surface area (Å²) in [6.45, 7) is 8.68. The van der Waals surface area contributed by atoms with Gasteiger partial charge in [0.05, 0.1) is 47.3 Å². The van der Waals surface area contributed by atoms with E-state index >= 15 is 0 Å². The van der Waals surface area contributed by atoms with Crippen LogP contribution in [0, 0.1) is 11.8 Å². The molecule has 1 unspecified atom stereocenters. The van der Waals surface area contributed by atoms with Gasteiger partial charge in [-0.1, -0.05) is 82.1 Å². The summed E-state index contributed by atoms with van der Waals surface area (Å²) in [7, 11) is 0. The van der Waals surface area contributed by atoms with Crippen LogP contribution in [0.4, 0.5) is 5.69 Å². The molecule has 10 nitrogen and oxygen atoms in total. The molecule has 0 radical (unpaired) electrons. The molecule has 2 bridgehead atoms. The number of esters is 1. The molecule has 0 aliphatic carbocycles. The Morgan fingerprint density at radius 3 is 2.55 bits per heavy atom. The number of benzene rings is 2. The predicted molar refractivity (Wildman–Crippen MR) is 181 cm³/mol. The molecule has 47 heavy (non-hydrogen) atoms. The zero-order chi connectivity index (χ0) is 33.9. The van der Waals surface area contributed by atoms with Crippen molar-refractivity contribution >= 4 is 56.9 Å². The number of anilines is 1. The van der Waals surface area contributed by atoms with Crippen LogP contribution in [0.2, 0.25) is 5.02 Å². The molecular weight excluding hydrogens is 690 g/mol. The van der Waals surface area contributed by atoms with E-state index in [-0.39, 0.29) is 30.8 Å². The summed E-state index contributed by atoms with van der Waals surface area (Å²) >= 11 is 10.2. The van der Waals surface area contributed by atoms with Crippen molar-refractivity contribution in [3.8, 4) is 0 Å². The summed E-state index contributed by atoms with van der Waals surface area (Å²) in [5.74, 6) is -3.77. The van der Waals surface area contributed by atoms with Crippen molar-refractivity contribution in [1.29, 1.82) is 0 Å². The molecule has 2 N–H and O–H groups in total. The molecular formula is C35H39BrClN3O7. The van der Waals surface area contributed by atoms with E-state index < -0.39 is 72.0 Å². The van der Waals surface area contributed by atoms with Gasteiger partial charge in [0.25, 0.3) is 5.91 Å². The first-order valence-electron chi connectivity index (χ1n) is 15.6. The van der Waals surface area contributed by atoms with Crippen molar-refractivity contribution in [2.24, 2.45) is 11.8 Å². The normalized spacial score (nSPS) is 27.1. The molecule has 0 saturated carbocycles. The highest BCUT2D eigenvalue weighted by atomic mass is 79.9. The predicted octanol–water partition coefficient (Wildman–Crippen LogP) is 4.35. The number of aliphatic hydroxyl groups excluding tert-OH is 1. The van der Waals surface area contributed by atoms with Crippen molar-refractivity contribution in [3.05, 3.63) is 90.5 Å². The molecule has 2 aromatic carbocycles. The molecule has 3 heterocycles. The average molecular weight is 729 g/mol. The molecule has 3 amide bonds. The van der Waals surface area contributed by atoms with E-state index in [0.717, 1.165) is 0 Å². The Bertz CT molecular complexity index is 1530. The maximum atomic E-state index is 14.7. The summed E-state index contributed by atoms with van der Waals surface area (Å²) in [5.41, 5.74) is -0.209. The highest BCUT2D eigenvalue weighted by Gasteiger charge is 2.77. The Labute approximate surface area is 287 Å². The number of para-hydroxylation sites is 1. The summed E-state index contributed by atoms with van der Waals surface area (Å²) < 4.78 is 12.1. The lowest BCUT2D eigenvalue weighted by atomic mass is 9.70. The fourth-order valence-corrected chi connectivity index (χ4v) is 8.29. The van der Waals surface area contributed by atoms with E-state index in [1.807, 2.05) is 30.3 Å². The Kier molecular flexibility index (Phi) is 10.9. The van der Waals surface area contributed by atoms with E-state index in [9.17, 15) is 24.3 Å². The molecule has 3 aliphatic heterocycles. The van der Waals surface area contributed by atoms with Gasteiger partial charge in [-0.15, -0.1) is 13.2 Å². The number of fused-ring (bicyclic) bond motifs is 1. The van der Waals surface area contributed by atoms with Crippen molar-refractivity contribution < 1.29 is 33.8 Å². The number of nitrogens with one attached hydrogen (secondary N) is 1. The van der Waals surface area contributed by atoms with Crippen LogP contribution < -0.4 is 10.2 Å². The molecule has 250 valence electrons. The number of hydrogen-bond donors (Lipinski definition) is 2. The van der Waals surface area contributed by atoms with Gasteiger partial charge in [-0.05, 0) is 37.5 Å². The van der Waals surface area contributed by atoms with Gasteiger partial charge >= 0.3 is 5.97 Å². The number of alkyl halides is 1. The number of carbonyl (C=O) groups is 4. The van der Waals surface area contributed by atoms with E-state index in [4.69, 9.17) is 21.1 Å². The lowest BCUT2D eigenvalue weighted by molar-refractivity contribution is -0.146. The smallest absolute Gasteiger partial charge is 0.306 e. The second kappa shape index (κ2) is 14.7. The maximum absolute atomic E-state index is 14.7. The zero-order valence-electron chi connectivity index (χ0n) is 26.1. The lowest BCUT2D eigenvalue weighted by Crippen LogP contribution is -2.59. The Morgan fingerprint density at radius 2 is 1.89 bits per heavy atom. The summed E-state index contributed by atoms with van der Waals surface area (Å²) in [5, 5.41) is 13.6. The molecule has 3 aliphatic rings. The third-order valence-corrected chi connectivity index (χ3v) is 10.4. The van der Waals surface area contributed by atoms with E-state index in [2.05, 4.69) is 34.4 Å². The summed E-state index contributed by atoms with van der Waals surface area (Å²) in [6, 6.07) is 13.4. The number of aliphatic hydroxyl groups is 1. The molecule has 3 fully saturated rings. The van der Waals surface area contributed by atoms with Crippen molar-refractivity contribution in [1.82, 2.24) is 10.2 Å². The molecule has 0 aromatic heterocycles. The molecule has 12 heteroatoms. The number of ether oxygens (including phenoxy) is 2. The quantitative estimate of drug-likeness (QED) is 0.168. The van der Waals surface area contributed by atoms with Crippen LogP contribution in [0.15, 0.2) is 79.9 Å². The van der Waals surface area contributed by atoms with Crippen LogP contribution in [0.3, 0.4) is 0 Å². The Morgan fingerprint density at radius 1 is 1.19 bits per heavy atom. The number of allylic oxidation sites excluding steroid dienone is 1. The first-order chi connectivity index (χ1) is 22.6. The highest BCUT2D eigenvalue weighted by molar-refractivity contribution is 9.09. The van der Waals surface area contributed by atoms with Crippen molar-refractivity contribution in [3.63, 3.8) is 0 Å². The Balaban J connectivity index is 1.50. The molecule has 1 spiro atoms. The minimum absolute atomic E-state index is 0.102. The van der Waals surface area contributed by atoms with Gasteiger partial charge in [0.1, 0.15) is 18.2 Å². The van der Waals surface area contributed by atoms with Gasteiger partial charge in [0.2, 0.25) is 11.8 Å². The third kappa shape index (κ3) is 6.50. The third-order valence-electron chi connectivity index (χ3n) is 9.21. The number of nitrogens with zero attached hydrogens (tertiary/aromatic N) is 2. The van der Waals surface area contributed by atoms with Gasteiger partial charge in [-0.25, -0.2) is 0 Å². The first-order valence-corrected chi connectivity index (χ1v) is 16.9. The van der Waals surface area contributed by atoms with Crippen LogP contribution in [0.25, 0.3) is 0 Å². The van der Waals surface area contributed by atoms with Crippen LogP contribution in [0.5, 0.6) is 0 Å². The largest absolute Gasteiger partial charge is 0.463 e. The van der Waals surface area contributed by atoms with Crippen LogP contribution in [-0.4, -0.2) is 82.1 Å². The van der Waals surface area contributed by atoms with Gasteiger partial charge in [0.15, 0.2) is 0 Å². The van der Waals surface area contributed by atoms with Gasteiger partial charge in [-0.3, -0.25) is 19.2 Å². The number of rotatable bonds is 14. The summed E-state index contributed by atoms with van der Waals surface area (Å²) in [4.78, 5) is 58.2. The number of likely N-dealkylation sites (tertiary alicyclic amines) is 1. The number of amides is 3. The van der Waals surface area contributed by atoms with Crippen molar-refractivity contribution in [2.75, 3.05) is 24.7 Å². The molecule has 5 rings (SSSR count). The van der Waals surface area contributed by atoms with Crippen molar-refractivity contribution in [2.45, 2.75) is 60.8 Å². The minimum atomic E-state index is -1.36. The van der Waals surface area contributed by atoms with Crippen LogP contribution in [-0.2, 0) is 28.7 Å². The topological polar surface area (TPSA) is 125 Å². The number of halogens is 2.